The van der Waals surface area contributed by atoms with Gasteiger partial charge in [-0.1, -0.05) is 37.6 Å². The minimum atomic E-state index is 0.226. The van der Waals surface area contributed by atoms with Crippen LogP contribution < -0.4 is 5.32 Å². The van der Waals surface area contributed by atoms with Gasteiger partial charge in [0.1, 0.15) is 0 Å². The first-order valence-electron chi connectivity index (χ1n) is 7.13. The van der Waals surface area contributed by atoms with Gasteiger partial charge in [-0.3, -0.25) is 0 Å². The molecule has 0 aromatic heterocycles. The smallest absolute Gasteiger partial charge is 0.0724 e. The summed E-state index contributed by atoms with van der Waals surface area (Å²) in [7, 11) is 1.78. The average Bonchev–Trinajstić information content (AvgIpc) is 2.39. The molecule has 3 heteroatoms. The molecule has 2 atom stereocenters. The molecule has 0 aliphatic carbocycles. The fraction of sp³-hybridized carbons (Fsp3) is 0.625. The maximum atomic E-state index is 6.33. The van der Waals surface area contributed by atoms with E-state index in [1.807, 2.05) is 6.07 Å². The lowest BCUT2D eigenvalue weighted by Crippen LogP contribution is -2.42. The maximum absolute atomic E-state index is 6.33. The Kier molecular flexibility index (Phi) is 7.44. The highest BCUT2D eigenvalue weighted by Crippen LogP contribution is 2.21. The van der Waals surface area contributed by atoms with Crippen LogP contribution in [0.1, 0.15) is 37.8 Å². The van der Waals surface area contributed by atoms with Gasteiger partial charge in [-0.25, -0.2) is 0 Å². The Morgan fingerprint density at radius 1 is 1.32 bits per heavy atom. The molecule has 1 aromatic carbocycles. The first kappa shape index (κ1) is 16.5. The Morgan fingerprint density at radius 2 is 2.05 bits per heavy atom. The summed E-state index contributed by atoms with van der Waals surface area (Å²) < 4.78 is 5.59. The second-order valence-corrected chi connectivity index (χ2v) is 5.45. The number of halogens is 1. The van der Waals surface area contributed by atoms with Crippen molar-refractivity contribution in [2.24, 2.45) is 0 Å². The summed E-state index contributed by atoms with van der Waals surface area (Å²) in [5, 5.41) is 4.43. The van der Waals surface area contributed by atoms with Crippen molar-refractivity contribution in [2.75, 3.05) is 13.7 Å². The van der Waals surface area contributed by atoms with Gasteiger partial charge >= 0.3 is 0 Å². The predicted molar refractivity (Wildman–Crippen MR) is 83.1 cm³/mol. The third-order valence-corrected chi connectivity index (χ3v) is 3.81. The van der Waals surface area contributed by atoms with Crippen LogP contribution in [0.25, 0.3) is 0 Å². The van der Waals surface area contributed by atoms with E-state index in [0.717, 1.165) is 30.8 Å². The van der Waals surface area contributed by atoms with Crippen molar-refractivity contribution in [3.63, 3.8) is 0 Å². The van der Waals surface area contributed by atoms with E-state index in [1.165, 1.54) is 11.1 Å². The van der Waals surface area contributed by atoms with E-state index in [9.17, 15) is 0 Å². The summed E-state index contributed by atoms with van der Waals surface area (Å²) >= 11 is 6.33. The zero-order valence-electron chi connectivity index (χ0n) is 12.5. The minimum Gasteiger partial charge on any atom is -0.380 e. The third kappa shape index (κ3) is 5.13. The van der Waals surface area contributed by atoms with Crippen LogP contribution in [0.5, 0.6) is 0 Å². The zero-order valence-corrected chi connectivity index (χ0v) is 13.3. The number of rotatable bonds is 8. The largest absolute Gasteiger partial charge is 0.380 e. The summed E-state index contributed by atoms with van der Waals surface area (Å²) in [5.41, 5.74) is 2.39. The molecule has 0 bridgehead atoms. The molecule has 1 rings (SSSR count). The lowest BCUT2D eigenvalue weighted by atomic mass is 9.98. The van der Waals surface area contributed by atoms with Crippen molar-refractivity contribution in [3.8, 4) is 0 Å². The molecule has 1 N–H and O–H groups in total. The Balaban J connectivity index is 2.80. The summed E-state index contributed by atoms with van der Waals surface area (Å²) in [4.78, 5) is 0. The Bertz CT molecular complexity index is 377. The predicted octanol–water partition coefficient (Wildman–Crippen LogP) is 3.98. The molecule has 108 valence electrons. The molecule has 2 nitrogen and oxygen atoms in total. The number of nitrogens with one attached hydrogen (secondary N) is 1. The second kappa shape index (κ2) is 8.57. The molecule has 0 spiro atoms. The number of hydrogen-bond donors (Lipinski definition) is 1. The molecule has 0 heterocycles. The Labute approximate surface area is 122 Å². The second-order valence-electron chi connectivity index (χ2n) is 5.04. The van der Waals surface area contributed by atoms with E-state index in [-0.39, 0.29) is 6.10 Å². The van der Waals surface area contributed by atoms with Gasteiger partial charge in [-0.2, -0.15) is 0 Å². The van der Waals surface area contributed by atoms with Crippen LogP contribution in [-0.2, 0) is 11.2 Å². The Morgan fingerprint density at radius 3 is 2.58 bits per heavy atom. The summed E-state index contributed by atoms with van der Waals surface area (Å²) in [6.07, 6.45) is 3.26. The number of methoxy groups -OCH3 is 1. The Hall–Kier alpha value is -0.570. The SMILES string of the molecule is CCCNC(Cc1ccc(C)cc1Cl)C(CC)OC. The number of benzene rings is 1. The van der Waals surface area contributed by atoms with Crippen LogP contribution in [0.3, 0.4) is 0 Å². The molecule has 0 fully saturated rings. The normalized spacial score (nSPS) is 14.4. The molecule has 1 aromatic rings. The molecule has 2 unspecified atom stereocenters. The minimum absolute atomic E-state index is 0.226. The average molecular weight is 284 g/mol. The van der Waals surface area contributed by atoms with Crippen LogP contribution in [0, 0.1) is 6.92 Å². The van der Waals surface area contributed by atoms with Gasteiger partial charge in [0.05, 0.1) is 6.10 Å². The van der Waals surface area contributed by atoms with Crippen molar-refractivity contribution in [1.82, 2.24) is 5.32 Å². The third-order valence-electron chi connectivity index (χ3n) is 3.46. The van der Waals surface area contributed by atoms with Gasteiger partial charge in [0.25, 0.3) is 0 Å². The van der Waals surface area contributed by atoms with Gasteiger partial charge < -0.3 is 10.1 Å². The zero-order chi connectivity index (χ0) is 14.3. The van der Waals surface area contributed by atoms with Crippen molar-refractivity contribution >= 4 is 11.6 Å². The molecule has 0 amide bonds. The lowest BCUT2D eigenvalue weighted by Gasteiger charge is -2.26. The van der Waals surface area contributed by atoms with E-state index in [4.69, 9.17) is 16.3 Å². The fourth-order valence-electron chi connectivity index (χ4n) is 2.34. The van der Waals surface area contributed by atoms with Gasteiger partial charge in [0.2, 0.25) is 0 Å². The van der Waals surface area contributed by atoms with Crippen LogP contribution in [0.2, 0.25) is 5.02 Å². The van der Waals surface area contributed by atoms with Gasteiger partial charge in [-0.05, 0) is 49.9 Å². The van der Waals surface area contributed by atoms with Crippen molar-refractivity contribution < 1.29 is 4.74 Å². The monoisotopic (exact) mass is 283 g/mol. The van der Waals surface area contributed by atoms with Gasteiger partial charge in [-0.15, -0.1) is 0 Å². The van der Waals surface area contributed by atoms with Crippen LogP contribution in [0.15, 0.2) is 18.2 Å². The highest BCUT2D eigenvalue weighted by atomic mass is 35.5. The van der Waals surface area contributed by atoms with E-state index in [1.54, 1.807) is 7.11 Å². The van der Waals surface area contributed by atoms with E-state index < -0.39 is 0 Å². The highest BCUT2D eigenvalue weighted by molar-refractivity contribution is 6.31. The number of aryl methyl sites for hydroxylation is 1. The molecular formula is C16H26ClNO. The summed E-state index contributed by atoms with van der Waals surface area (Å²) in [6, 6.07) is 6.59. The summed E-state index contributed by atoms with van der Waals surface area (Å²) in [6.45, 7) is 7.41. The van der Waals surface area contributed by atoms with Crippen molar-refractivity contribution in [2.45, 2.75) is 52.2 Å². The quantitative estimate of drug-likeness (QED) is 0.779. The first-order chi connectivity index (χ1) is 9.12. The van der Waals surface area contributed by atoms with Gasteiger partial charge in [0, 0.05) is 18.2 Å². The first-order valence-corrected chi connectivity index (χ1v) is 7.51. The van der Waals surface area contributed by atoms with Crippen molar-refractivity contribution in [3.05, 3.63) is 34.3 Å². The topological polar surface area (TPSA) is 21.3 Å². The molecule has 0 saturated heterocycles. The molecule has 0 radical (unpaired) electrons. The maximum Gasteiger partial charge on any atom is 0.0724 e. The van der Waals surface area contributed by atoms with Crippen LogP contribution >= 0.6 is 11.6 Å². The molecular weight excluding hydrogens is 258 g/mol. The molecule has 0 aliphatic rings. The van der Waals surface area contributed by atoms with E-state index in [0.29, 0.717) is 6.04 Å². The molecule has 0 saturated carbocycles. The lowest BCUT2D eigenvalue weighted by molar-refractivity contribution is 0.0653. The van der Waals surface area contributed by atoms with Crippen LogP contribution in [-0.4, -0.2) is 25.8 Å². The van der Waals surface area contributed by atoms with Crippen molar-refractivity contribution in [1.29, 1.82) is 0 Å². The van der Waals surface area contributed by atoms with Gasteiger partial charge in [0.15, 0.2) is 0 Å². The van der Waals surface area contributed by atoms with E-state index in [2.05, 4.69) is 38.2 Å². The van der Waals surface area contributed by atoms with Crippen LogP contribution in [0.4, 0.5) is 0 Å². The molecule has 0 aliphatic heterocycles. The number of hydrogen-bond acceptors (Lipinski definition) is 2. The standard InChI is InChI=1S/C16H26ClNO/c1-5-9-18-15(16(6-2)19-4)11-13-8-7-12(3)10-14(13)17/h7-8,10,15-16,18H,5-6,9,11H2,1-4H3. The summed E-state index contributed by atoms with van der Waals surface area (Å²) in [5.74, 6) is 0. The van der Waals surface area contributed by atoms with E-state index >= 15 is 0 Å². The fourth-order valence-corrected chi connectivity index (χ4v) is 2.65. The number of ether oxygens (including phenoxy) is 1. The molecule has 19 heavy (non-hydrogen) atoms. The highest BCUT2D eigenvalue weighted by Gasteiger charge is 2.20.